The minimum Gasteiger partial charge on any atom is -0.497 e. The van der Waals surface area contributed by atoms with Crippen molar-refractivity contribution in [2.45, 2.75) is 20.4 Å². The largest absolute Gasteiger partial charge is 0.497 e. The lowest BCUT2D eigenvalue weighted by Gasteiger charge is -2.04. The normalized spacial score (nSPS) is 11.0. The molecule has 1 N–H and O–H groups in total. The number of methoxy groups -OCH3 is 1. The number of hydrogen-bond donors (Lipinski definition) is 1. The van der Waals surface area contributed by atoms with Crippen LogP contribution in [0.4, 0.5) is 0 Å². The molecule has 4 aromatic rings. The Labute approximate surface area is 161 Å². The van der Waals surface area contributed by atoms with Crippen LogP contribution in [0.1, 0.15) is 27.4 Å². The summed E-state index contributed by atoms with van der Waals surface area (Å²) in [7, 11) is 1.61. The Kier molecular flexibility index (Phi) is 4.57. The SMILES string of the molecule is COc1ccc(CNC(=O)c2nc(-c3oc4c(C)cccc4c3C)no2)cc1. The first-order chi connectivity index (χ1) is 13.6. The molecule has 1 amide bonds. The van der Waals surface area contributed by atoms with Crippen molar-refractivity contribution in [3.05, 3.63) is 65.0 Å². The number of carbonyl (C=O) groups is 1. The first-order valence-electron chi connectivity index (χ1n) is 8.80. The van der Waals surface area contributed by atoms with Crippen LogP contribution in [-0.2, 0) is 6.54 Å². The molecule has 0 aliphatic heterocycles. The van der Waals surface area contributed by atoms with Gasteiger partial charge in [0, 0.05) is 17.5 Å². The van der Waals surface area contributed by atoms with Crippen molar-refractivity contribution < 1.29 is 18.5 Å². The molecule has 7 heteroatoms. The molecule has 0 unspecified atom stereocenters. The van der Waals surface area contributed by atoms with Gasteiger partial charge in [-0.3, -0.25) is 4.79 Å². The molecule has 0 atom stereocenters. The second kappa shape index (κ2) is 7.19. The summed E-state index contributed by atoms with van der Waals surface area (Å²) in [5.41, 5.74) is 3.64. The van der Waals surface area contributed by atoms with Crippen molar-refractivity contribution in [2.24, 2.45) is 0 Å². The Balaban J connectivity index is 1.51. The number of nitrogens with zero attached hydrogens (tertiary/aromatic N) is 2. The summed E-state index contributed by atoms with van der Waals surface area (Å²) < 4.78 is 16.2. The molecule has 0 fully saturated rings. The molecule has 0 radical (unpaired) electrons. The summed E-state index contributed by atoms with van der Waals surface area (Å²) in [6.07, 6.45) is 0. The van der Waals surface area contributed by atoms with E-state index < -0.39 is 5.91 Å². The van der Waals surface area contributed by atoms with Gasteiger partial charge in [0.1, 0.15) is 11.3 Å². The zero-order valence-electron chi connectivity index (χ0n) is 15.8. The molecule has 0 spiro atoms. The highest BCUT2D eigenvalue weighted by Crippen LogP contribution is 2.33. The van der Waals surface area contributed by atoms with Gasteiger partial charge in [0.2, 0.25) is 5.82 Å². The van der Waals surface area contributed by atoms with E-state index in [2.05, 4.69) is 15.5 Å². The number of furan rings is 1. The molecule has 0 bridgehead atoms. The average Bonchev–Trinajstić information content (AvgIpc) is 3.33. The fourth-order valence-electron chi connectivity index (χ4n) is 3.01. The van der Waals surface area contributed by atoms with Crippen molar-refractivity contribution in [3.63, 3.8) is 0 Å². The first kappa shape index (κ1) is 17.8. The van der Waals surface area contributed by atoms with Crippen LogP contribution in [0.2, 0.25) is 0 Å². The maximum atomic E-state index is 12.3. The van der Waals surface area contributed by atoms with Crippen LogP contribution >= 0.6 is 0 Å². The third kappa shape index (κ3) is 3.22. The van der Waals surface area contributed by atoms with E-state index in [1.54, 1.807) is 7.11 Å². The van der Waals surface area contributed by atoms with Crippen LogP contribution in [0, 0.1) is 13.8 Å². The van der Waals surface area contributed by atoms with Crippen LogP contribution in [0.25, 0.3) is 22.6 Å². The molecule has 0 aliphatic rings. The quantitative estimate of drug-likeness (QED) is 0.564. The van der Waals surface area contributed by atoms with Crippen LogP contribution < -0.4 is 10.1 Å². The molecule has 0 aliphatic carbocycles. The smallest absolute Gasteiger partial charge is 0.316 e. The van der Waals surface area contributed by atoms with Gasteiger partial charge in [-0.25, -0.2) is 0 Å². The lowest BCUT2D eigenvalue weighted by atomic mass is 10.1. The summed E-state index contributed by atoms with van der Waals surface area (Å²) in [4.78, 5) is 16.5. The van der Waals surface area contributed by atoms with Crippen LogP contribution in [0.15, 0.2) is 51.4 Å². The highest BCUT2D eigenvalue weighted by atomic mass is 16.5. The number of ether oxygens (including phenoxy) is 1. The zero-order chi connectivity index (χ0) is 19.7. The minimum atomic E-state index is -0.445. The maximum absolute atomic E-state index is 12.3. The van der Waals surface area contributed by atoms with Gasteiger partial charge < -0.3 is 19.0 Å². The standard InChI is InChI=1S/C21H19N3O4/c1-12-5-4-6-16-13(2)18(27-17(12)16)19-23-21(28-24-19)20(25)22-11-14-7-9-15(26-3)10-8-14/h4-10H,11H2,1-3H3,(H,22,25). The molecule has 142 valence electrons. The Hall–Kier alpha value is -3.61. The number of fused-ring (bicyclic) bond motifs is 1. The predicted molar refractivity (Wildman–Crippen MR) is 103 cm³/mol. The van der Waals surface area contributed by atoms with E-state index in [0.29, 0.717) is 12.3 Å². The van der Waals surface area contributed by atoms with Gasteiger partial charge in [-0.05, 0) is 37.1 Å². The fourth-order valence-corrected chi connectivity index (χ4v) is 3.01. The van der Waals surface area contributed by atoms with E-state index in [-0.39, 0.29) is 11.7 Å². The zero-order valence-corrected chi connectivity index (χ0v) is 15.8. The molecule has 2 aromatic carbocycles. The summed E-state index contributed by atoms with van der Waals surface area (Å²) in [5, 5.41) is 7.67. The van der Waals surface area contributed by atoms with Gasteiger partial charge in [0.15, 0.2) is 5.76 Å². The van der Waals surface area contributed by atoms with E-state index >= 15 is 0 Å². The number of aromatic nitrogens is 2. The summed E-state index contributed by atoms with van der Waals surface area (Å²) in [5.74, 6) is 0.956. The Bertz CT molecular complexity index is 1140. The Morgan fingerprint density at radius 1 is 1.14 bits per heavy atom. The van der Waals surface area contributed by atoms with E-state index in [9.17, 15) is 4.79 Å². The third-order valence-electron chi connectivity index (χ3n) is 4.60. The van der Waals surface area contributed by atoms with E-state index in [4.69, 9.17) is 13.7 Å². The van der Waals surface area contributed by atoms with Gasteiger partial charge in [0.25, 0.3) is 0 Å². The second-order valence-electron chi connectivity index (χ2n) is 6.46. The molecule has 28 heavy (non-hydrogen) atoms. The van der Waals surface area contributed by atoms with Gasteiger partial charge in [-0.2, -0.15) is 4.98 Å². The lowest BCUT2D eigenvalue weighted by molar-refractivity contribution is 0.0907. The molecule has 2 aromatic heterocycles. The molecular formula is C21H19N3O4. The van der Waals surface area contributed by atoms with Crippen molar-refractivity contribution >= 4 is 16.9 Å². The summed E-state index contributed by atoms with van der Waals surface area (Å²) in [6, 6.07) is 13.3. The number of amides is 1. The number of hydrogen-bond acceptors (Lipinski definition) is 6. The summed E-state index contributed by atoms with van der Waals surface area (Å²) >= 11 is 0. The number of carbonyl (C=O) groups excluding carboxylic acids is 1. The molecule has 4 rings (SSSR count). The Morgan fingerprint density at radius 3 is 2.64 bits per heavy atom. The molecule has 0 saturated heterocycles. The van der Waals surface area contributed by atoms with Crippen LogP contribution in [0.3, 0.4) is 0 Å². The fraction of sp³-hybridized carbons (Fsp3) is 0.190. The van der Waals surface area contributed by atoms with E-state index in [1.165, 1.54) is 0 Å². The van der Waals surface area contributed by atoms with E-state index in [1.807, 2.05) is 56.3 Å². The summed E-state index contributed by atoms with van der Waals surface area (Å²) in [6.45, 7) is 4.24. The van der Waals surface area contributed by atoms with Gasteiger partial charge in [0.05, 0.1) is 7.11 Å². The van der Waals surface area contributed by atoms with Crippen molar-refractivity contribution in [1.29, 1.82) is 0 Å². The number of aryl methyl sites for hydroxylation is 2. The van der Waals surface area contributed by atoms with Crippen molar-refractivity contribution in [3.8, 4) is 17.3 Å². The highest BCUT2D eigenvalue weighted by Gasteiger charge is 2.21. The highest BCUT2D eigenvalue weighted by molar-refractivity contribution is 5.91. The van der Waals surface area contributed by atoms with Crippen molar-refractivity contribution in [1.82, 2.24) is 15.5 Å². The number of rotatable bonds is 5. The topological polar surface area (TPSA) is 90.4 Å². The Morgan fingerprint density at radius 2 is 1.93 bits per heavy atom. The molecular weight excluding hydrogens is 358 g/mol. The monoisotopic (exact) mass is 377 g/mol. The van der Waals surface area contributed by atoms with Gasteiger partial charge in [-0.1, -0.05) is 35.5 Å². The third-order valence-corrected chi connectivity index (χ3v) is 4.60. The second-order valence-corrected chi connectivity index (χ2v) is 6.46. The maximum Gasteiger partial charge on any atom is 0.316 e. The minimum absolute atomic E-state index is 0.111. The predicted octanol–water partition coefficient (Wildman–Crippen LogP) is 4.04. The van der Waals surface area contributed by atoms with Gasteiger partial charge in [-0.15, -0.1) is 0 Å². The molecule has 7 nitrogen and oxygen atoms in total. The molecule has 2 heterocycles. The average molecular weight is 377 g/mol. The van der Waals surface area contributed by atoms with Crippen molar-refractivity contribution in [2.75, 3.05) is 7.11 Å². The number of para-hydroxylation sites is 1. The van der Waals surface area contributed by atoms with E-state index in [0.717, 1.165) is 33.4 Å². The van der Waals surface area contributed by atoms with Gasteiger partial charge >= 0.3 is 11.8 Å². The van der Waals surface area contributed by atoms with Crippen LogP contribution in [0.5, 0.6) is 5.75 Å². The first-order valence-corrected chi connectivity index (χ1v) is 8.80. The number of benzene rings is 2. The number of nitrogens with one attached hydrogen (secondary N) is 1. The lowest BCUT2D eigenvalue weighted by Crippen LogP contribution is -2.23. The van der Waals surface area contributed by atoms with Crippen LogP contribution in [-0.4, -0.2) is 23.2 Å². The molecule has 0 saturated carbocycles.